The highest BCUT2D eigenvalue weighted by atomic mass is 16.5. The molecule has 0 aliphatic heterocycles. The lowest BCUT2D eigenvalue weighted by Gasteiger charge is -2.23. The number of ether oxygens (including phenoxy) is 1. The van der Waals surface area contributed by atoms with Crippen molar-refractivity contribution in [2.24, 2.45) is 0 Å². The fourth-order valence-corrected chi connectivity index (χ4v) is 4.18. The number of H-pyrrole nitrogens is 1. The topological polar surface area (TPSA) is 74.6 Å². The van der Waals surface area contributed by atoms with Crippen LogP contribution in [0, 0.1) is 11.3 Å². The Labute approximate surface area is 169 Å². The van der Waals surface area contributed by atoms with Crippen molar-refractivity contribution >= 4 is 21.7 Å². The van der Waals surface area contributed by atoms with E-state index >= 15 is 0 Å². The minimum Gasteiger partial charge on any atom is -0.474 e. The first-order chi connectivity index (χ1) is 14.3. The van der Waals surface area contributed by atoms with Crippen LogP contribution >= 0.6 is 0 Å². The molecule has 1 fully saturated rings. The van der Waals surface area contributed by atoms with E-state index in [-0.39, 0.29) is 6.10 Å². The summed E-state index contributed by atoms with van der Waals surface area (Å²) in [5, 5.41) is 19.8. The number of pyridine rings is 1. The van der Waals surface area contributed by atoms with Crippen molar-refractivity contribution in [3.63, 3.8) is 0 Å². The average Bonchev–Trinajstić information content (AvgIpc) is 3.18. The van der Waals surface area contributed by atoms with Gasteiger partial charge < -0.3 is 4.74 Å². The summed E-state index contributed by atoms with van der Waals surface area (Å²) in [6.45, 7) is 0. The van der Waals surface area contributed by atoms with E-state index < -0.39 is 0 Å². The average molecular weight is 382 g/mol. The largest absolute Gasteiger partial charge is 0.474 e. The normalized spacial score (nSPS) is 14.9. The van der Waals surface area contributed by atoms with E-state index in [1.807, 2.05) is 30.3 Å². The van der Waals surface area contributed by atoms with Crippen molar-refractivity contribution in [2.45, 2.75) is 44.6 Å². The highest BCUT2D eigenvalue weighted by Gasteiger charge is 2.19. The molecule has 1 aliphatic rings. The second-order valence-electron chi connectivity index (χ2n) is 7.70. The Kier molecular flexibility index (Phi) is 4.61. The van der Waals surface area contributed by atoms with Gasteiger partial charge in [-0.2, -0.15) is 10.4 Å². The molecule has 5 nitrogen and oxygen atoms in total. The van der Waals surface area contributed by atoms with Crippen LogP contribution in [0.5, 0.6) is 5.88 Å². The molecule has 0 unspecified atom stereocenters. The number of rotatable bonds is 4. The summed E-state index contributed by atoms with van der Waals surface area (Å²) in [7, 11) is 0. The number of nitrogens with one attached hydrogen (secondary N) is 1. The van der Waals surface area contributed by atoms with Crippen LogP contribution < -0.4 is 4.74 Å². The first-order valence-corrected chi connectivity index (χ1v) is 10.2. The van der Waals surface area contributed by atoms with Gasteiger partial charge in [-0.15, -0.1) is 0 Å². The minimum atomic E-state index is 0.230. The van der Waals surface area contributed by atoms with Gasteiger partial charge in [0.05, 0.1) is 23.7 Å². The number of benzene rings is 2. The first kappa shape index (κ1) is 17.7. The maximum absolute atomic E-state index is 9.04. The predicted octanol–water partition coefficient (Wildman–Crippen LogP) is 5.56. The van der Waals surface area contributed by atoms with Crippen LogP contribution in [0.4, 0.5) is 0 Å². The molecule has 0 spiro atoms. The van der Waals surface area contributed by atoms with E-state index in [4.69, 9.17) is 15.0 Å². The Balaban J connectivity index is 1.62. The molecule has 0 atom stereocenters. The molecule has 1 saturated carbocycles. The number of aromatic nitrogens is 3. The molecule has 2 heterocycles. The Bertz CT molecular complexity index is 1210. The number of hydrogen-bond donors (Lipinski definition) is 1. The molecule has 5 rings (SSSR count). The Morgan fingerprint density at radius 3 is 2.76 bits per heavy atom. The van der Waals surface area contributed by atoms with Crippen molar-refractivity contribution in [1.29, 1.82) is 5.26 Å². The van der Waals surface area contributed by atoms with Crippen LogP contribution in [-0.4, -0.2) is 21.3 Å². The van der Waals surface area contributed by atoms with Crippen LogP contribution in [0.25, 0.3) is 33.1 Å². The maximum Gasteiger partial charge on any atom is 0.222 e. The SMILES string of the molecule is N#CCc1ccc2[nH]nc(-c3cc4ccccc4c(OC4CCCCC4)n3)c2c1. The molecule has 2 aromatic heterocycles. The summed E-state index contributed by atoms with van der Waals surface area (Å²) in [4.78, 5) is 4.89. The Hall–Kier alpha value is -3.39. The lowest BCUT2D eigenvalue weighted by atomic mass is 9.98. The summed E-state index contributed by atoms with van der Waals surface area (Å²) in [5.74, 6) is 0.689. The number of fused-ring (bicyclic) bond motifs is 2. The van der Waals surface area contributed by atoms with Gasteiger partial charge in [0, 0.05) is 10.8 Å². The summed E-state index contributed by atoms with van der Waals surface area (Å²) < 4.78 is 6.39. The number of nitriles is 1. The van der Waals surface area contributed by atoms with Crippen molar-refractivity contribution in [3.8, 4) is 23.3 Å². The molecule has 5 heteroatoms. The first-order valence-electron chi connectivity index (χ1n) is 10.2. The molecule has 0 radical (unpaired) electrons. The molecule has 2 aromatic carbocycles. The van der Waals surface area contributed by atoms with Crippen LogP contribution in [0.2, 0.25) is 0 Å². The van der Waals surface area contributed by atoms with Gasteiger partial charge in [0.1, 0.15) is 11.8 Å². The minimum absolute atomic E-state index is 0.230. The predicted molar refractivity (Wildman–Crippen MR) is 114 cm³/mol. The summed E-state index contributed by atoms with van der Waals surface area (Å²) >= 11 is 0. The fourth-order valence-electron chi connectivity index (χ4n) is 4.18. The van der Waals surface area contributed by atoms with Crippen molar-refractivity contribution in [1.82, 2.24) is 15.2 Å². The van der Waals surface area contributed by atoms with Crippen LogP contribution in [0.1, 0.15) is 37.7 Å². The molecule has 144 valence electrons. The smallest absolute Gasteiger partial charge is 0.222 e. The fraction of sp³-hybridized carbons (Fsp3) is 0.292. The van der Waals surface area contributed by atoms with E-state index in [0.717, 1.165) is 51.5 Å². The maximum atomic E-state index is 9.04. The van der Waals surface area contributed by atoms with Crippen LogP contribution in [0.15, 0.2) is 48.5 Å². The van der Waals surface area contributed by atoms with E-state index in [1.165, 1.54) is 19.3 Å². The highest BCUT2D eigenvalue weighted by Crippen LogP contribution is 2.33. The molecule has 29 heavy (non-hydrogen) atoms. The molecular weight excluding hydrogens is 360 g/mol. The number of hydrogen-bond acceptors (Lipinski definition) is 4. The number of aromatic amines is 1. The van der Waals surface area contributed by atoms with Gasteiger partial charge in [-0.3, -0.25) is 5.10 Å². The lowest BCUT2D eigenvalue weighted by molar-refractivity contribution is 0.151. The molecule has 4 aromatic rings. The second kappa shape index (κ2) is 7.56. The third-order valence-electron chi connectivity index (χ3n) is 5.69. The molecule has 0 amide bonds. The zero-order valence-electron chi connectivity index (χ0n) is 16.2. The molecule has 0 bridgehead atoms. The number of nitrogens with zero attached hydrogens (tertiary/aromatic N) is 3. The monoisotopic (exact) mass is 382 g/mol. The molecule has 1 aliphatic carbocycles. The zero-order valence-corrected chi connectivity index (χ0v) is 16.2. The molecule has 0 saturated heterocycles. The van der Waals surface area contributed by atoms with E-state index in [1.54, 1.807) is 0 Å². The van der Waals surface area contributed by atoms with Gasteiger partial charge >= 0.3 is 0 Å². The van der Waals surface area contributed by atoms with E-state index in [0.29, 0.717) is 12.3 Å². The second-order valence-corrected chi connectivity index (χ2v) is 7.70. The summed E-state index contributed by atoms with van der Waals surface area (Å²) in [5.41, 5.74) is 3.49. The van der Waals surface area contributed by atoms with Crippen molar-refractivity contribution in [3.05, 3.63) is 54.1 Å². The Morgan fingerprint density at radius 2 is 1.90 bits per heavy atom. The van der Waals surface area contributed by atoms with Gasteiger partial charge in [0.15, 0.2) is 0 Å². The molecule has 1 N–H and O–H groups in total. The third-order valence-corrected chi connectivity index (χ3v) is 5.69. The highest BCUT2D eigenvalue weighted by molar-refractivity contribution is 5.96. The zero-order chi connectivity index (χ0) is 19.6. The van der Waals surface area contributed by atoms with Crippen molar-refractivity contribution < 1.29 is 4.74 Å². The third kappa shape index (κ3) is 3.42. The summed E-state index contributed by atoms with van der Waals surface area (Å²) in [6.07, 6.45) is 6.50. The van der Waals surface area contributed by atoms with Gasteiger partial charge in [0.25, 0.3) is 0 Å². The molecular formula is C24H22N4O. The van der Waals surface area contributed by atoms with Gasteiger partial charge in [-0.25, -0.2) is 4.98 Å². The Morgan fingerprint density at radius 1 is 1.03 bits per heavy atom. The van der Waals surface area contributed by atoms with Gasteiger partial charge in [-0.05, 0) is 60.9 Å². The van der Waals surface area contributed by atoms with E-state index in [9.17, 15) is 0 Å². The summed E-state index contributed by atoms with van der Waals surface area (Å²) in [6, 6.07) is 18.4. The van der Waals surface area contributed by atoms with E-state index in [2.05, 4.69) is 34.5 Å². The van der Waals surface area contributed by atoms with Crippen molar-refractivity contribution in [2.75, 3.05) is 0 Å². The van der Waals surface area contributed by atoms with Gasteiger partial charge in [0.2, 0.25) is 5.88 Å². The van der Waals surface area contributed by atoms with Gasteiger partial charge in [-0.1, -0.05) is 30.7 Å². The van der Waals surface area contributed by atoms with Crippen LogP contribution in [-0.2, 0) is 6.42 Å². The van der Waals surface area contributed by atoms with Crippen LogP contribution in [0.3, 0.4) is 0 Å². The quantitative estimate of drug-likeness (QED) is 0.502. The standard InChI is InChI=1S/C24H22N4O/c25-13-12-16-10-11-21-20(14-16)23(28-27-21)22-15-17-6-4-5-9-19(17)24(26-22)29-18-7-2-1-3-8-18/h4-6,9-11,14-15,18H,1-3,7-8,12H2,(H,27,28). The lowest BCUT2D eigenvalue weighted by Crippen LogP contribution is -2.20.